The highest BCUT2D eigenvalue weighted by Crippen LogP contribution is 2.44. The van der Waals surface area contributed by atoms with Crippen LogP contribution in [0.1, 0.15) is 38.3 Å². The fourth-order valence-electron chi connectivity index (χ4n) is 4.10. The number of amides is 2. The molecule has 0 aromatic heterocycles. The van der Waals surface area contributed by atoms with E-state index in [1.54, 1.807) is 45.0 Å². The zero-order valence-corrected chi connectivity index (χ0v) is 23.6. The number of esters is 1. The molecule has 1 heterocycles. The molecule has 2 atom stereocenters. The van der Waals surface area contributed by atoms with Gasteiger partial charge in [-0.25, -0.2) is 18.0 Å². The van der Waals surface area contributed by atoms with E-state index in [2.05, 4.69) is 5.32 Å². The van der Waals surface area contributed by atoms with Gasteiger partial charge in [-0.1, -0.05) is 35.9 Å². The van der Waals surface area contributed by atoms with Gasteiger partial charge in [-0.2, -0.15) is 4.31 Å². The third kappa shape index (κ3) is 5.83. The molecular weight excluding hydrogens is 510 g/mol. The largest absolute Gasteiger partial charge is 0.458 e. The second kappa shape index (κ2) is 10.7. The summed E-state index contributed by atoms with van der Waals surface area (Å²) in [6.45, 7) is 7.07. The summed E-state index contributed by atoms with van der Waals surface area (Å²) in [6.07, 6.45) is -0.952. The molecule has 0 bridgehead atoms. The standard InChI is InChI=1S/C27H35N3O7S/c1-18-12-14-20(15-13-18)38(34,35)30(7)27(16-19-17-28-23(19)31,24(32)37-26(2,3)4)21-10-8-9-11-22(21)36-25(33)29(5)6/h8-15,19H,16-17H2,1-7H3,(H,28,31). The molecule has 0 aliphatic carbocycles. The molecule has 2 amide bonds. The maximum absolute atomic E-state index is 14.2. The molecule has 0 spiro atoms. The molecular formula is C27H35N3O7S. The first-order valence-electron chi connectivity index (χ1n) is 12.1. The third-order valence-corrected chi connectivity index (χ3v) is 8.18. The van der Waals surface area contributed by atoms with Crippen molar-refractivity contribution >= 4 is 28.0 Å². The number of para-hydroxylation sites is 1. The average Bonchev–Trinajstić information content (AvgIpc) is 2.83. The summed E-state index contributed by atoms with van der Waals surface area (Å²) in [7, 11) is -0.0455. The van der Waals surface area contributed by atoms with Crippen LogP contribution in [0.2, 0.25) is 0 Å². The number of ether oxygens (including phenoxy) is 2. The van der Waals surface area contributed by atoms with Crippen molar-refractivity contribution in [2.45, 2.75) is 50.2 Å². The second-order valence-electron chi connectivity index (χ2n) is 10.6. The Morgan fingerprint density at radius 3 is 2.13 bits per heavy atom. The number of nitrogens with zero attached hydrogens (tertiary/aromatic N) is 2. The number of sulfonamides is 1. The molecule has 1 aliphatic rings. The van der Waals surface area contributed by atoms with Crippen molar-refractivity contribution in [2.24, 2.45) is 5.92 Å². The van der Waals surface area contributed by atoms with Crippen LogP contribution in [0.4, 0.5) is 4.79 Å². The Labute approximate surface area is 223 Å². The predicted octanol–water partition coefficient (Wildman–Crippen LogP) is 3.05. The number of β-lactam (4-membered cyclic amide) rings is 1. The monoisotopic (exact) mass is 545 g/mol. The van der Waals surface area contributed by atoms with Crippen LogP contribution in [0, 0.1) is 12.8 Å². The zero-order chi connectivity index (χ0) is 28.5. The van der Waals surface area contributed by atoms with E-state index in [4.69, 9.17) is 9.47 Å². The average molecular weight is 546 g/mol. The third-order valence-electron chi connectivity index (χ3n) is 6.28. The summed E-state index contributed by atoms with van der Waals surface area (Å²) in [5.41, 5.74) is -2.10. The fraction of sp³-hybridized carbons (Fsp3) is 0.444. The van der Waals surface area contributed by atoms with E-state index >= 15 is 0 Å². The summed E-state index contributed by atoms with van der Waals surface area (Å²) in [5, 5.41) is 2.65. The van der Waals surface area contributed by atoms with Gasteiger partial charge in [-0.05, 0) is 52.3 Å². The maximum Gasteiger partial charge on any atom is 0.414 e. The number of likely N-dealkylation sites (N-methyl/N-ethyl adjacent to an activating group) is 1. The van der Waals surface area contributed by atoms with Crippen LogP contribution in [-0.2, 0) is 29.9 Å². The van der Waals surface area contributed by atoms with Gasteiger partial charge in [0, 0.05) is 33.3 Å². The molecule has 1 aliphatic heterocycles. The number of carbonyl (C=O) groups excluding carboxylic acids is 3. The van der Waals surface area contributed by atoms with E-state index in [9.17, 15) is 22.8 Å². The lowest BCUT2D eigenvalue weighted by atomic mass is 9.78. The Kier molecular flexibility index (Phi) is 8.23. The molecule has 206 valence electrons. The smallest absolute Gasteiger partial charge is 0.414 e. The Balaban J connectivity index is 2.33. The van der Waals surface area contributed by atoms with Crippen molar-refractivity contribution < 1.29 is 32.3 Å². The van der Waals surface area contributed by atoms with Gasteiger partial charge in [0.05, 0.1) is 10.8 Å². The molecule has 1 fully saturated rings. The van der Waals surface area contributed by atoms with Crippen molar-refractivity contribution in [1.29, 1.82) is 0 Å². The summed E-state index contributed by atoms with van der Waals surface area (Å²) in [6, 6.07) is 12.4. The minimum Gasteiger partial charge on any atom is -0.458 e. The van der Waals surface area contributed by atoms with Crippen LogP contribution in [0.25, 0.3) is 0 Å². The molecule has 1 N–H and O–H groups in total. The molecule has 3 rings (SSSR count). The molecule has 2 unspecified atom stereocenters. The number of benzene rings is 2. The van der Waals surface area contributed by atoms with Crippen LogP contribution in [0.15, 0.2) is 53.4 Å². The van der Waals surface area contributed by atoms with E-state index in [0.29, 0.717) is 0 Å². The van der Waals surface area contributed by atoms with Gasteiger partial charge in [0.1, 0.15) is 11.4 Å². The van der Waals surface area contributed by atoms with Crippen LogP contribution in [-0.4, -0.2) is 68.9 Å². The van der Waals surface area contributed by atoms with E-state index in [1.165, 1.54) is 50.3 Å². The van der Waals surface area contributed by atoms with Crippen molar-refractivity contribution in [3.8, 4) is 5.75 Å². The number of rotatable bonds is 8. The first-order valence-corrected chi connectivity index (χ1v) is 13.6. The highest BCUT2D eigenvalue weighted by molar-refractivity contribution is 7.89. The lowest BCUT2D eigenvalue weighted by Crippen LogP contribution is -2.60. The van der Waals surface area contributed by atoms with Crippen molar-refractivity contribution in [3.05, 3.63) is 59.7 Å². The minimum absolute atomic E-state index is 0.0252. The lowest BCUT2D eigenvalue weighted by molar-refractivity contribution is -0.169. The van der Waals surface area contributed by atoms with Gasteiger partial charge in [-0.3, -0.25) is 4.79 Å². The van der Waals surface area contributed by atoms with Gasteiger partial charge in [0.2, 0.25) is 15.9 Å². The normalized spacial score (nSPS) is 17.2. The summed E-state index contributed by atoms with van der Waals surface area (Å²) in [5.74, 6) is -1.92. The quantitative estimate of drug-likeness (QED) is 0.400. The zero-order valence-electron chi connectivity index (χ0n) is 22.8. The fourth-order valence-corrected chi connectivity index (χ4v) is 5.55. The molecule has 1 saturated heterocycles. The Bertz CT molecular complexity index is 1320. The molecule has 10 nitrogen and oxygen atoms in total. The predicted molar refractivity (Wildman–Crippen MR) is 141 cm³/mol. The first kappa shape index (κ1) is 29.1. The number of aryl methyl sites for hydroxylation is 1. The Hall–Kier alpha value is -3.44. The molecule has 2 aromatic carbocycles. The lowest BCUT2D eigenvalue weighted by Gasteiger charge is -2.44. The minimum atomic E-state index is -4.32. The molecule has 0 saturated carbocycles. The van der Waals surface area contributed by atoms with Crippen molar-refractivity contribution in [1.82, 2.24) is 14.5 Å². The first-order chi connectivity index (χ1) is 17.6. The van der Waals surface area contributed by atoms with E-state index in [-0.39, 0.29) is 35.1 Å². The van der Waals surface area contributed by atoms with Gasteiger partial charge >= 0.3 is 12.1 Å². The second-order valence-corrected chi connectivity index (χ2v) is 12.5. The molecule has 0 radical (unpaired) electrons. The molecule has 11 heteroatoms. The maximum atomic E-state index is 14.2. The van der Waals surface area contributed by atoms with Crippen LogP contribution in [0.5, 0.6) is 5.75 Å². The Morgan fingerprint density at radius 2 is 1.63 bits per heavy atom. The number of carbonyl (C=O) groups is 3. The topological polar surface area (TPSA) is 122 Å². The van der Waals surface area contributed by atoms with Crippen molar-refractivity contribution in [2.75, 3.05) is 27.7 Å². The Morgan fingerprint density at radius 1 is 1.03 bits per heavy atom. The highest BCUT2D eigenvalue weighted by Gasteiger charge is 2.56. The summed E-state index contributed by atoms with van der Waals surface area (Å²) in [4.78, 5) is 40.4. The SMILES string of the molecule is Cc1ccc(S(=O)(=O)N(C)C(CC2CNC2=O)(C(=O)OC(C)(C)C)c2ccccc2OC(=O)N(C)C)cc1. The number of hydrogen-bond acceptors (Lipinski definition) is 7. The molecule has 2 aromatic rings. The van der Waals surface area contributed by atoms with E-state index < -0.39 is 39.1 Å². The van der Waals surface area contributed by atoms with Gasteiger partial charge in [0.25, 0.3) is 0 Å². The van der Waals surface area contributed by atoms with Crippen LogP contribution < -0.4 is 10.1 Å². The van der Waals surface area contributed by atoms with Crippen molar-refractivity contribution in [3.63, 3.8) is 0 Å². The van der Waals surface area contributed by atoms with E-state index in [0.717, 1.165) is 9.87 Å². The van der Waals surface area contributed by atoms with Gasteiger partial charge < -0.3 is 19.7 Å². The van der Waals surface area contributed by atoms with Gasteiger partial charge in [-0.15, -0.1) is 0 Å². The summed E-state index contributed by atoms with van der Waals surface area (Å²) >= 11 is 0. The summed E-state index contributed by atoms with van der Waals surface area (Å²) < 4.78 is 40.4. The number of nitrogens with one attached hydrogen (secondary N) is 1. The van der Waals surface area contributed by atoms with Gasteiger partial charge in [0.15, 0.2) is 5.54 Å². The van der Waals surface area contributed by atoms with Crippen LogP contribution in [0.3, 0.4) is 0 Å². The highest BCUT2D eigenvalue weighted by atomic mass is 32.2. The van der Waals surface area contributed by atoms with Crippen LogP contribution >= 0.6 is 0 Å². The number of hydrogen-bond donors (Lipinski definition) is 1. The van der Waals surface area contributed by atoms with E-state index in [1.807, 2.05) is 6.92 Å². The molecule has 38 heavy (non-hydrogen) atoms.